The monoisotopic (exact) mass is 210 g/mol. The van der Waals surface area contributed by atoms with Gasteiger partial charge in [-0.3, -0.25) is 0 Å². The van der Waals surface area contributed by atoms with Crippen LogP contribution < -0.4 is 5.32 Å². The zero-order valence-electron chi connectivity index (χ0n) is 9.99. The highest BCUT2D eigenvalue weighted by atomic mass is 16.5. The molecule has 0 fully saturated rings. The predicted molar refractivity (Wildman–Crippen MR) is 62.9 cm³/mol. The first-order chi connectivity index (χ1) is 7.27. The van der Waals surface area contributed by atoms with E-state index in [1.807, 2.05) is 0 Å². The van der Waals surface area contributed by atoms with Crippen molar-refractivity contribution < 1.29 is 4.74 Å². The lowest BCUT2D eigenvalue weighted by molar-refractivity contribution is 0.171. The zero-order valence-corrected chi connectivity index (χ0v) is 9.99. The second-order valence-corrected chi connectivity index (χ2v) is 3.93. The van der Waals surface area contributed by atoms with Crippen LogP contribution in [0.1, 0.15) is 26.0 Å². The molecule has 0 saturated carbocycles. The minimum absolute atomic E-state index is 0.403. The fourth-order valence-corrected chi connectivity index (χ4v) is 1.66. The third kappa shape index (κ3) is 4.06. The summed E-state index contributed by atoms with van der Waals surface area (Å²) in [7, 11) is 1.73. The molecule has 1 aromatic heterocycles. The summed E-state index contributed by atoms with van der Waals surface area (Å²) in [5.74, 6) is 0. The summed E-state index contributed by atoms with van der Waals surface area (Å²) >= 11 is 0. The summed E-state index contributed by atoms with van der Waals surface area (Å²) in [4.78, 5) is 0. The Hall–Kier alpha value is -0.800. The van der Waals surface area contributed by atoms with Crippen LogP contribution in [0, 0.1) is 0 Å². The molecule has 3 heteroatoms. The van der Waals surface area contributed by atoms with Gasteiger partial charge in [0.05, 0.1) is 6.61 Å². The molecule has 0 amide bonds. The molecule has 0 aliphatic rings. The van der Waals surface area contributed by atoms with E-state index in [2.05, 4.69) is 42.1 Å². The minimum atomic E-state index is 0.403. The van der Waals surface area contributed by atoms with Crippen LogP contribution >= 0.6 is 0 Å². The van der Waals surface area contributed by atoms with Crippen molar-refractivity contribution in [2.75, 3.05) is 13.7 Å². The van der Waals surface area contributed by atoms with Crippen molar-refractivity contribution in [1.82, 2.24) is 9.88 Å². The molecule has 3 nitrogen and oxygen atoms in total. The van der Waals surface area contributed by atoms with Gasteiger partial charge >= 0.3 is 0 Å². The normalized spacial score (nSPS) is 13.0. The molecule has 0 aromatic carbocycles. The van der Waals surface area contributed by atoms with Crippen molar-refractivity contribution in [2.24, 2.45) is 0 Å². The fraction of sp³-hybridized carbons (Fsp3) is 0.667. The number of methoxy groups -OCH3 is 1. The van der Waals surface area contributed by atoms with Crippen molar-refractivity contribution in [3.63, 3.8) is 0 Å². The molecule has 86 valence electrons. The molecule has 1 heterocycles. The maximum Gasteiger partial charge on any atom is 0.0613 e. The highest BCUT2D eigenvalue weighted by Gasteiger charge is 2.03. The van der Waals surface area contributed by atoms with Gasteiger partial charge in [0, 0.05) is 38.1 Å². The van der Waals surface area contributed by atoms with E-state index < -0.39 is 0 Å². The highest BCUT2D eigenvalue weighted by molar-refractivity contribution is 5.06. The SMILES string of the molecule is CCCn1cccc1CNC(C)COC. The summed E-state index contributed by atoms with van der Waals surface area (Å²) in [5.41, 5.74) is 1.35. The van der Waals surface area contributed by atoms with Gasteiger partial charge in [-0.05, 0) is 25.5 Å². The van der Waals surface area contributed by atoms with Crippen LogP contribution in [-0.4, -0.2) is 24.3 Å². The molecule has 0 spiro atoms. The minimum Gasteiger partial charge on any atom is -0.383 e. The Morgan fingerprint density at radius 3 is 3.00 bits per heavy atom. The predicted octanol–water partition coefficient (Wildman–Crippen LogP) is 2.02. The molecule has 0 radical (unpaired) electrons. The molecule has 15 heavy (non-hydrogen) atoms. The lowest BCUT2D eigenvalue weighted by atomic mass is 10.3. The van der Waals surface area contributed by atoms with Crippen LogP contribution in [-0.2, 0) is 17.8 Å². The molecule has 0 aliphatic heterocycles. The Morgan fingerprint density at radius 1 is 1.53 bits per heavy atom. The van der Waals surface area contributed by atoms with E-state index in [1.54, 1.807) is 7.11 Å². The van der Waals surface area contributed by atoms with Gasteiger partial charge in [0.2, 0.25) is 0 Å². The zero-order chi connectivity index (χ0) is 11.1. The molecule has 1 atom stereocenters. The Morgan fingerprint density at radius 2 is 2.33 bits per heavy atom. The Balaban J connectivity index is 2.39. The molecular formula is C12H22N2O. The van der Waals surface area contributed by atoms with Gasteiger partial charge in [-0.15, -0.1) is 0 Å². The van der Waals surface area contributed by atoms with Gasteiger partial charge in [0.1, 0.15) is 0 Å². The van der Waals surface area contributed by atoms with Gasteiger partial charge in [0.25, 0.3) is 0 Å². The number of nitrogens with zero attached hydrogens (tertiary/aromatic N) is 1. The second kappa shape index (κ2) is 6.64. The van der Waals surface area contributed by atoms with E-state index in [1.165, 1.54) is 12.1 Å². The standard InChI is InChI=1S/C12H22N2O/c1-4-7-14-8-5-6-12(14)9-13-11(2)10-15-3/h5-6,8,11,13H,4,7,9-10H2,1-3H3. The van der Waals surface area contributed by atoms with Crippen molar-refractivity contribution in [1.29, 1.82) is 0 Å². The number of nitrogens with one attached hydrogen (secondary N) is 1. The highest BCUT2D eigenvalue weighted by Crippen LogP contribution is 2.03. The van der Waals surface area contributed by atoms with Crippen molar-refractivity contribution in [3.05, 3.63) is 24.0 Å². The summed E-state index contributed by atoms with van der Waals surface area (Å²) in [5, 5.41) is 3.44. The van der Waals surface area contributed by atoms with Crippen LogP contribution in [0.4, 0.5) is 0 Å². The van der Waals surface area contributed by atoms with E-state index >= 15 is 0 Å². The van der Waals surface area contributed by atoms with Crippen LogP contribution in [0.25, 0.3) is 0 Å². The largest absolute Gasteiger partial charge is 0.383 e. The first-order valence-electron chi connectivity index (χ1n) is 5.64. The molecule has 1 aromatic rings. The number of hydrogen-bond acceptors (Lipinski definition) is 2. The van der Waals surface area contributed by atoms with Crippen LogP contribution in [0.5, 0.6) is 0 Å². The van der Waals surface area contributed by atoms with E-state index in [0.717, 1.165) is 19.7 Å². The van der Waals surface area contributed by atoms with Crippen molar-refractivity contribution in [2.45, 2.75) is 39.4 Å². The molecule has 0 aliphatic carbocycles. The lowest BCUT2D eigenvalue weighted by Gasteiger charge is -2.14. The van der Waals surface area contributed by atoms with E-state index in [4.69, 9.17) is 4.74 Å². The molecule has 0 bridgehead atoms. The number of aromatic nitrogens is 1. The van der Waals surface area contributed by atoms with Crippen molar-refractivity contribution >= 4 is 0 Å². The Labute approximate surface area is 92.4 Å². The van der Waals surface area contributed by atoms with Crippen LogP contribution in [0.3, 0.4) is 0 Å². The topological polar surface area (TPSA) is 26.2 Å². The first kappa shape index (κ1) is 12.3. The molecule has 1 unspecified atom stereocenters. The smallest absolute Gasteiger partial charge is 0.0613 e. The number of ether oxygens (including phenoxy) is 1. The number of rotatable bonds is 7. The summed E-state index contributed by atoms with van der Waals surface area (Å²) in [6.07, 6.45) is 3.32. The van der Waals surface area contributed by atoms with E-state index in [0.29, 0.717) is 6.04 Å². The van der Waals surface area contributed by atoms with Crippen LogP contribution in [0.15, 0.2) is 18.3 Å². The second-order valence-electron chi connectivity index (χ2n) is 3.93. The molecule has 1 N–H and O–H groups in total. The third-order valence-electron chi connectivity index (χ3n) is 2.44. The Kier molecular flexibility index (Phi) is 5.43. The maximum atomic E-state index is 5.08. The fourth-order valence-electron chi connectivity index (χ4n) is 1.66. The lowest BCUT2D eigenvalue weighted by Crippen LogP contribution is -2.30. The average molecular weight is 210 g/mol. The first-order valence-corrected chi connectivity index (χ1v) is 5.64. The summed E-state index contributed by atoms with van der Waals surface area (Å²) in [6, 6.07) is 4.68. The molecular weight excluding hydrogens is 188 g/mol. The summed E-state index contributed by atoms with van der Waals surface area (Å²) in [6.45, 7) is 7.11. The van der Waals surface area contributed by atoms with Crippen molar-refractivity contribution in [3.8, 4) is 0 Å². The molecule has 0 saturated heterocycles. The van der Waals surface area contributed by atoms with Gasteiger partial charge in [0.15, 0.2) is 0 Å². The average Bonchev–Trinajstić information content (AvgIpc) is 2.64. The van der Waals surface area contributed by atoms with E-state index in [9.17, 15) is 0 Å². The van der Waals surface area contributed by atoms with Gasteiger partial charge in [-0.1, -0.05) is 6.92 Å². The van der Waals surface area contributed by atoms with E-state index in [-0.39, 0.29) is 0 Å². The number of aryl methyl sites for hydroxylation is 1. The van der Waals surface area contributed by atoms with Gasteiger partial charge in [-0.25, -0.2) is 0 Å². The van der Waals surface area contributed by atoms with Crippen LogP contribution in [0.2, 0.25) is 0 Å². The number of hydrogen-bond donors (Lipinski definition) is 1. The molecule has 1 rings (SSSR count). The third-order valence-corrected chi connectivity index (χ3v) is 2.44. The van der Waals surface area contributed by atoms with Gasteiger partial charge in [-0.2, -0.15) is 0 Å². The maximum absolute atomic E-state index is 5.08. The summed E-state index contributed by atoms with van der Waals surface area (Å²) < 4.78 is 7.38. The Bertz CT molecular complexity index is 270. The van der Waals surface area contributed by atoms with Gasteiger partial charge < -0.3 is 14.6 Å². The quantitative estimate of drug-likeness (QED) is 0.745.